The Morgan fingerprint density at radius 1 is 1.09 bits per heavy atom. The van der Waals surface area contributed by atoms with E-state index in [1.54, 1.807) is 11.3 Å². The monoisotopic (exact) mass is 309 g/mol. The summed E-state index contributed by atoms with van der Waals surface area (Å²) < 4.78 is 0. The third-order valence-electron chi connectivity index (χ3n) is 3.54. The van der Waals surface area contributed by atoms with Gasteiger partial charge >= 0.3 is 0 Å². The van der Waals surface area contributed by atoms with E-state index in [4.69, 9.17) is 10.7 Å². The molecule has 0 atom stereocenters. The Bertz CT molecular complexity index is 760. The fourth-order valence-electron chi connectivity index (χ4n) is 2.30. The van der Waals surface area contributed by atoms with Gasteiger partial charge in [0.15, 0.2) is 0 Å². The van der Waals surface area contributed by atoms with Crippen molar-refractivity contribution in [2.45, 2.75) is 6.42 Å². The van der Waals surface area contributed by atoms with Crippen LogP contribution in [0.4, 0.5) is 11.4 Å². The van der Waals surface area contributed by atoms with E-state index < -0.39 is 0 Å². The molecule has 0 aliphatic heterocycles. The number of nitrogens with zero attached hydrogens (tertiary/aromatic N) is 2. The molecule has 0 saturated carbocycles. The van der Waals surface area contributed by atoms with Gasteiger partial charge in [0.05, 0.1) is 10.7 Å². The van der Waals surface area contributed by atoms with E-state index in [1.807, 2.05) is 24.3 Å². The zero-order valence-corrected chi connectivity index (χ0v) is 13.6. The van der Waals surface area contributed by atoms with Gasteiger partial charge in [-0.1, -0.05) is 24.3 Å². The van der Waals surface area contributed by atoms with E-state index in [0.29, 0.717) is 0 Å². The van der Waals surface area contributed by atoms with Crippen LogP contribution in [-0.2, 0) is 6.42 Å². The molecule has 2 N–H and O–H groups in total. The van der Waals surface area contributed by atoms with Gasteiger partial charge in [-0.2, -0.15) is 0 Å². The molecule has 0 spiro atoms. The average Bonchev–Trinajstić information content (AvgIpc) is 2.96. The van der Waals surface area contributed by atoms with E-state index in [2.05, 4.69) is 48.6 Å². The highest BCUT2D eigenvalue weighted by Crippen LogP contribution is 2.25. The predicted molar refractivity (Wildman–Crippen MR) is 95.5 cm³/mol. The second kappa shape index (κ2) is 6.20. The maximum absolute atomic E-state index is 5.73. The molecule has 22 heavy (non-hydrogen) atoms. The third-order valence-corrected chi connectivity index (χ3v) is 4.39. The van der Waals surface area contributed by atoms with E-state index in [-0.39, 0.29) is 0 Å². The molecule has 0 fully saturated rings. The van der Waals surface area contributed by atoms with Crippen molar-refractivity contribution in [3.05, 3.63) is 64.5 Å². The molecule has 0 amide bonds. The lowest BCUT2D eigenvalue weighted by Crippen LogP contribution is -2.08. The maximum Gasteiger partial charge on any atom is 0.0976 e. The fraction of sp³-hybridized carbons (Fsp3) is 0.167. The molecule has 0 saturated heterocycles. The molecule has 3 rings (SSSR count). The number of hydrogen-bond donors (Lipinski definition) is 1. The van der Waals surface area contributed by atoms with Crippen molar-refractivity contribution in [3.8, 4) is 11.3 Å². The van der Waals surface area contributed by atoms with Crippen LogP contribution in [-0.4, -0.2) is 19.1 Å². The van der Waals surface area contributed by atoms with Crippen LogP contribution in [0.3, 0.4) is 0 Å². The van der Waals surface area contributed by atoms with Gasteiger partial charge in [0, 0.05) is 42.8 Å². The lowest BCUT2D eigenvalue weighted by molar-refractivity contribution is 1.10. The minimum absolute atomic E-state index is 0.778. The van der Waals surface area contributed by atoms with Crippen molar-refractivity contribution in [2.24, 2.45) is 0 Å². The van der Waals surface area contributed by atoms with Gasteiger partial charge in [-0.05, 0) is 29.8 Å². The summed E-state index contributed by atoms with van der Waals surface area (Å²) in [5.74, 6) is 0. The van der Waals surface area contributed by atoms with E-state index in [1.165, 1.54) is 11.3 Å². The summed E-state index contributed by atoms with van der Waals surface area (Å²) in [5.41, 5.74) is 11.1. The van der Waals surface area contributed by atoms with Crippen LogP contribution in [0.1, 0.15) is 10.6 Å². The number of thiazole rings is 1. The first-order valence-electron chi connectivity index (χ1n) is 7.18. The van der Waals surface area contributed by atoms with Crippen molar-refractivity contribution in [2.75, 3.05) is 24.7 Å². The summed E-state index contributed by atoms with van der Waals surface area (Å²) in [6.07, 6.45) is 0.862. The molecular weight excluding hydrogens is 290 g/mol. The number of rotatable bonds is 4. The first kappa shape index (κ1) is 14.6. The smallest absolute Gasteiger partial charge is 0.0976 e. The van der Waals surface area contributed by atoms with Gasteiger partial charge < -0.3 is 10.6 Å². The van der Waals surface area contributed by atoms with Crippen LogP contribution in [0.2, 0.25) is 0 Å². The van der Waals surface area contributed by atoms with Crippen molar-refractivity contribution >= 4 is 22.7 Å². The van der Waals surface area contributed by atoms with Crippen LogP contribution in [0.5, 0.6) is 0 Å². The SMILES string of the molecule is CN(C)c1cccc(Cc2nc(-c3ccc(N)cc3)cs2)c1. The lowest BCUT2D eigenvalue weighted by atomic mass is 10.1. The van der Waals surface area contributed by atoms with Gasteiger partial charge in [-0.3, -0.25) is 0 Å². The summed E-state index contributed by atoms with van der Waals surface area (Å²) in [6, 6.07) is 16.4. The highest BCUT2D eigenvalue weighted by Gasteiger charge is 2.06. The van der Waals surface area contributed by atoms with E-state index in [9.17, 15) is 0 Å². The normalized spacial score (nSPS) is 10.6. The van der Waals surface area contributed by atoms with Gasteiger partial charge in [-0.25, -0.2) is 4.98 Å². The minimum Gasteiger partial charge on any atom is -0.399 e. The van der Waals surface area contributed by atoms with Crippen LogP contribution in [0.15, 0.2) is 53.9 Å². The number of benzene rings is 2. The Kier molecular flexibility index (Phi) is 4.11. The minimum atomic E-state index is 0.778. The molecule has 0 aliphatic rings. The zero-order chi connectivity index (χ0) is 15.5. The third kappa shape index (κ3) is 3.28. The quantitative estimate of drug-likeness (QED) is 0.739. The number of nitrogen functional groups attached to an aromatic ring is 1. The number of anilines is 2. The standard InChI is InChI=1S/C18H19N3S/c1-21(2)16-5-3-4-13(10-16)11-18-20-17(12-22-18)14-6-8-15(19)9-7-14/h3-10,12H,11,19H2,1-2H3. The lowest BCUT2D eigenvalue weighted by Gasteiger charge is -2.13. The van der Waals surface area contributed by atoms with E-state index >= 15 is 0 Å². The summed E-state index contributed by atoms with van der Waals surface area (Å²) in [4.78, 5) is 6.86. The molecule has 112 valence electrons. The summed E-state index contributed by atoms with van der Waals surface area (Å²) in [7, 11) is 4.11. The molecule has 1 aromatic heterocycles. The van der Waals surface area contributed by atoms with Crippen molar-refractivity contribution in [1.82, 2.24) is 4.98 Å². The fourth-order valence-corrected chi connectivity index (χ4v) is 3.14. The Labute approximate surface area is 135 Å². The second-order valence-electron chi connectivity index (χ2n) is 5.49. The first-order chi connectivity index (χ1) is 10.6. The highest BCUT2D eigenvalue weighted by atomic mass is 32.1. The Balaban J connectivity index is 1.79. The van der Waals surface area contributed by atoms with Gasteiger partial charge in [-0.15, -0.1) is 11.3 Å². The number of aromatic nitrogens is 1. The molecule has 1 heterocycles. The van der Waals surface area contributed by atoms with Crippen LogP contribution in [0.25, 0.3) is 11.3 Å². The molecule has 3 aromatic rings. The topological polar surface area (TPSA) is 42.2 Å². The van der Waals surface area contributed by atoms with E-state index in [0.717, 1.165) is 28.4 Å². The summed E-state index contributed by atoms with van der Waals surface area (Å²) in [5, 5.41) is 3.24. The number of nitrogens with two attached hydrogens (primary N) is 1. The Morgan fingerprint density at radius 2 is 1.86 bits per heavy atom. The molecule has 0 radical (unpaired) electrons. The molecule has 2 aromatic carbocycles. The van der Waals surface area contributed by atoms with Gasteiger partial charge in [0.2, 0.25) is 0 Å². The summed E-state index contributed by atoms with van der Waals surface area (Å²) in [6.45, 7) is 0. The molecular formula is C18H19N3S. The second-order valence-corrected chi connectivity index (χ2v) is 6.43. The molecule has 0 aliphatic carbocycles. The molecule has 0 unspecified atom stereocenters. The maximum atomic E-state index is 5.73. The molecule has 0 bridgehead atoms. The first-order valence-corrected chi connectivity index (χ1v) is 8.06. The van der Waals surface area contributed by atoms with Crippen molar-refractivity contribution < 1.29 is 0 Å². The predicted octanol–water partition coefficient (Wildman–Crippen LogP) is 4.05. The van der Waals surface area contributed by atoms with Crippen molar-refractivity contribution in [3.63, 3.8) is 0 Å². The number of hydrogen-bond acceptors (Lipinski definition) is 4. The zero-order valence-electron chi connectivity index (χ0n) is 12.8. The Hall–Kier alpha value is -2.33. The molecule has 4 heteroatoms. The largest absolute Gasteiger partial charge is 0.399 e. The van der Waals surface area contributed by atoms with Crippen molar-refractivity contribution in [1.29, 1.82) is 0 Å². The molecule has 3 nitrogen and oxygen atoms in total. The van der Waals surface area contributed by atoms with Crippen LogP contribution < -0.4 is 10.6 Å². The Morgan fingerprint density at radius 3 is 2.59 bits per heavy atom. The van der Waals surface area contributed by atoms with Crippen LogP contribution in [0, 0.1) is 0 Å². The summed E-state index contributed by atoms with van der Waals surface area (Å²) >= 11 is 1.70. The average molecular weight is 309 g/mol. The van der Waals surface area contributed by atoms with Crippen LogP contribution >= 0.6 is 11.3 Å². The van der Waals surface area contributed by atoms with Gasteiger partial charge in [0.25, 0.3) is 0 Å². The highest BCUT2D eigenvalue weighted by molar-refractivity contribution is 7.10. The van der Waals surface area contributed by atoms with Gasteiger partial charge in [0.1, 0.15) is 0 Å².